The number of rotatable bonds is 26. The van der Waals surface area contributed by atoms with Crippen molar-refractivity contribution in [2.45, 2.75) is 158 Å². The van der Waals surface area contributed by atoms with E-state index in [9.17, 15) is 9.59 Å². The van der Waals surface area contributed by atoms with Crippen molar-refractivity contribution < 1.29 is 28.8 Å². The van der Waals surface area contributed by atoms with Gasteiger partial charge in [0.25, 0.3) is 0 Å². The highest BCUT2D eigenvalue weighted by atomic mass is 16.4. The largest absolute Gasteiger partial charge is 0.478 e. The molecule has 0 amide bonds. The first-order chi connectivity index (χ1) is 22.1. The van der Waals surface area contributed by atoms with Gasteiger partial charge in [-0.2, -0.15) is 0 Å². The van der Waals surface area contributed by atoms with Crippen LogP contribution in [-0.4, -0.2) is 83.5 Å². The Balaban J connectivity index is 0. The Labute approximate surface area is 286 Å². The van der Waals surface area contributed by atoms with Gasteiger partial charge in [0.05, 0.1) is 63.5 Å². The average Bonchev–Trinajstić information content (AvgIpc) is 3.07. The van der Waals surface area contributed by atoms with E-state index in [4.69, 9.17) is 10.2 Å². The third kappa shape index (κ3) is 22.6. The van der Waals surface area contributed by atoms with Crippen LogP contribution in [0.4, 0.5) is 0 Å². The number of hydrogen-bond donors (Lipinski definition) is 2. The van der Waals surface area contributed by atoms with Crippen LogP contribution in [0.25, 0.3) is 0 Å². The SMILES string of the molecule is CCCC[N+](CCCC)(CCCC)CCCC.CCCC[N+](CCCC)(CCCC)CCCC.O=C(O)c1ccc(C(=O)O)cc1. The molecule has 1 rings (SSSR count). The highest BCUT2D eigenvalue weighted by Gasteiger charge is 2.25. The van der Waals surface area contributed by atoms with Gasteiger partial charge in [-0.15, -0.1) is 0 Å². The summed E-state index contributed by atoms with van der Waals surface area (Å²) in [6, 6.07) is 5.02. The lowest BCUT2D eigenvalue weighted by Crippen LogP contribution is -2.50. The first-order valence-electron chi connectivity index (χ1n) is 19.4. The molecule has 0 heterocycles. The molecule has 0 atom stereocenters. The van der Waals surface area contributed by atoms with E-state index in [1.807, 2.05) is 0 Å². The summed E-state index contributed by atoms with van der Waals surface area (Å²) in [6.45, 7) is 30.0. The van der Waals surface area contributed by atoms with Crippen molar-refractivity contribution in [2.24, 2.45) is 0 Å². The third-order valence-electron chi connectivity index (χ3n) is 9.27. The van der Waals surface area contributed by atoms with E-state index < -0.39 is 11.9 Å². The predicted octanol–water partition coefficient (Wildman–Crippen LogP) is 11.1. The summed E-state index contributed by atoms with van der Waals surface area (Å²) in [5.74, 6) is -2.13. The van der Waals surface area contributed by atoms with Crippen LogP contribution in [0.1, 0.15) is 179 Å². The van der Waals surface area contributed by atoms with Gasteiger partial charge in [-0.25, -0.2) is 9.59 Å². The van der Waals surface area contributed by atoms with Crippen molar-refractivity contribution in [3.05, 3.63) is 35.4 Å². The quantitative estimate of drug-likeness (QED) is 0.0978. The van der Waals surface area contributed by atoms with Crippen molar-refractivity contribution >= 4 is 11.9 Å². The number of aromatic carboxylic acids is 2. The Bertz CT molecular complexity index is 696. The number of hydrogen-bond acceptors (Lipinski definition) is 2. The van der Waals surface area contributed by atoms with E-state index in [2.05, 4.69) is 55.4 Å². The maximum absolute atomic E-state index is 10.3. The normalized spacial score (nSPS) is 11.3. The summed E-state index contributed by atoms with van der Waals surface area (Å²) in [6.07, 6.45) is 22.1. The van der Waals surface area contributed by atoms with Crippen molar-refractivity contribution in [2.75, 3.05) is 52.4 Å². The molecule has 1 aromatic rings. The van der Waals surface area contributed by atoms with Crippen molar-refractivity contribution in [3.8, 4) is 0 Å². The fourth-order valence-corrected chi connectivity index (χ4v) is 6.05. The van der Waals surface area contributed by atoms with Crippen LogP contribution in [-0.2, 0) is 0 Å². The van der Waals surface area contributed by atoms with E-state index in [1.54, 1.807) is 0 Å². The molecule has 0 spiro atoms. The Hall–Kier alpha value is -1.92. The number of benzene rings is 1. The van der Waals surface area contributed by atoms with Gasteiger partial charge in [0.1, 0.15) is 0 Å². The molecule has 270 valence electrons. The standard InChI is InChI=1S/2C16H36N.C8H6O4/c2*1-5-9-13-17(14-10-6-2,15-11-7-3)16-12-8-4;9-7(10)5-1-2-6(4-3-5)8(11)12/h2*5-16H2,1-4H3;1-4H,(H,9,10)(H,11,12)/q2*+1;. The molecule has 0 saturated heterocycles. The third-order valence-corrected chi connectivity index (χ3v) is 9.27. The molecular weight excluding hydrogens is 572 g/mol. The van der Waals surface area contributed by atoms with Crippen LogP contribution >= 0.6 is 0 Å². The minimum atomic E-state index is -1.06. The number of quaternary nitrogens is 2. The van der Waals surface area contributed by atoms with E-state index in [0.717, 1.165) is 0 Å². The zero-order valence-electron chi connectivity index (χ0n) is 31.9. The fraction of sp³-hybridized carbons (Fsp3) is 0.800. The molecule has 0 aliphatic heterocycles. The number of carbonyl (C=O) groups is 2. The second kappa shape index (κ2) is 30.4. The lowest BCUT2D eigenvalue weighted by molar-refractivity contribution is -0.929. The number of carboxylic acids is 2. The monoisotopic (exact) mass is 651 g/mol. The van der Waals surface area contributed by atoms with Crippen LogP contribution in [0.15, 0.2) is 24.3 Å². The van der Waals surface area contributed by atoms with Gasteiger partial charge in [0.2, 0.25) is 0 Å². The average molecular weight is 651 g/mol. The van der Waals surface area contributed by atoms with Gasteiger partial charge in [-0.05, 0) is 75.6 Å². The van der Waals surface area contributed by atoms with Gasteiger partial charge in [0, 0.05) is 0 Å². The van der Waals surface area contributed by atoms with Gasteiger partial charge in [-0.1, -0.05) is 107 Å². The summed E-state index contributed by atoms with van der Waals surface area (Å²) in [5, 5.41) is 16.9. The van der Waals surface area contributed by atoms with Crippen molar-refractivity contribution in [1.29, 1.82) is 0 Å². The van der Waals surface area contributed by atoms with E-state index in [0.29, 0.717) is 0 Å². The van der Waals surface area contributed by atoms with Crippen molar-refractivity contribution in [1.82, 2.24) is 0 Å². The number of nitrogens with zero attached hydrogens (tertiary/aromatic N) is 2. The summed E-state index contributed by atoms with van der Waals surface area (Å²) in [4.78, 5) is 20.7. The zero-order valence-corrected chi connectivity index (χ0v) is 31.9. The molecule has 0 bridgehead atoms. The number of unbranched alkanes of at least 4 members (excludes halogenated alkanes) is 8. The summed E-state index contributed by atoms with van der Waals surface area (Å²) >= 11 is 0. The van der Waals surface area contributed by atoms with Crippen LogP contribution in [0.5, 0.6) is 0 Å². The molecule has 0 radical (unpaired) electrons. The maximum atomic E-state index is 10.3. The molecule has 0 saturated carbocycles. The molecule has 0 aliphatic rings. The smallest absolute Gasteiger partial charge is 0.335 e. The Morgan fingerprint density at radius 1 is 0.391 bits per heavy atom. The second-order valence-electron chi connectivity index (χ2n) is 13.5. The summed E-state index contributed by atoms with van der Waals surface area (Å²) in [7, 11) is 0. The van der Waals surface area contributed by atoms with Crippen LogP contribution in [0.3, 0.4) is 0 Å². The maximum Gasteiger partial charge on any atom is 0.335 e. The zero-order chi connectivity index (χ0) is 35.1. The summed E-state index contributed by atoms with van der Waals surface area (Å²) < 4.78 is 2.84. The predicted molar refractivity (Wildman–Crippen MR) is 199 cm³/mol. The van der Waals surface area contributed by atoms with Crippen molar-refractivity contribution in [3.63, 3.8) is 0 Å². The molecule has 46 heavy (non-hydrogen) atoms. The van der Waals surface area contributed by atoms with E-state index >= 15 is 0 Å². The minimum absolute atomic E-state index is 0.0833. The number of carboxylic acid groups (broad SMARTS) is 2. The highest BCUT2D eigenvalue weighted by Crippen LogP contribution is 2.17. The van der Waals surface area contributed by atoms with E-state index in [-0.39, 0.29) is 11.1 Å². The molecule has 2 N–H and O–H groups in total. The van der Waals surface area contributed by atoms with Gasteiger partial charge in [0.15, 0.2) is 0 Å². The Morgan fingerprint density at radius 3 is 0.652 bits per heavy atom. The van der Waals surface area contributed by atoms with Crippen LogP contribution < -0.4 is 0 Å². The molecule has 0 aliphatic carbocycles. The topological polar surface area (TPSA) is 74.6 Å². The van der Waals surface area contributed by atoms with E-state index in [1.165, 1.54) is 188 Å². The molecule has 1 aromatic carbocycles. The van der Waals surface area contributed by atoms with Gasteiger partial charge in [-0.3, -0.25) is 0 Å². The molecule has 0 fully saturated rings. The molecule has 6 heteroatoms. The Kier molecular flexibility index (Phi) is 30.5. The lowest BCUT2D eigenvalue weighted by atomic mass is 10.1. The van der Waals surface area contributed by atoms with Gasteiger partial charge >= 0.3 is 11.9 Å². The lowest BCUT2D eigenvalue weighted by Gasteiger charge is -2.39. The molecular formula is C40H78N2O4+2. The minimum Gasteiger partial charge on any atom is -0.478 e. The highest BCUT2D eigenvalue weighted by molar-refractivity contribution is 5.91. The Morgan fingerprint density at radius 2 is 0.543 bits per heavy atom. The van der Waals surface area contributed by atoms with Crippen LogP contribution in [0, 0.1) is 0 Å². The first kappa shape index (κ1) is 46.2. The molecule has 6 nitrogen and oxygen atoms in total. The van der Waals surface area contributed by atoms with Crippen LogP contribution in [0.2, 0.25) is 0 Å². The molecule has 0 unspecified atom stereocenters. The summed E-state index contributed by atoms with van der Waals surface area (Å²) in [5.41, 5.74) is 0.167. The first-order valence-corrected chi connectivity index (χ1v) is 19.4. The fourth-order valence-electron chi connectivity index (χ4n) is 6.05. The second-order valence-corrected chi connectivity index (χ2v) is 13.5. The van der Waals surface area contributed by atoms with Gasteiger partial charge < -0.3 is 19.2 Å². The molecule has 0 aromatic heterocycles.